The summed E-state index contributed by atoms with van der Waals surface area (Å²) in [5.74, 6) is 1.02. The van der Waals surface area contributed by atoms with Crippen LogP contribution in [0.1, 0.15) is 70.6 Å². The third kappa shape index (κ3) is 5.64. The maximum Gasteiger partial charge on any atom is 0.0822 e. The molecule has 14 heavy (non-hydrogen) atoms. The van der Waals surface area contributed by atoms with E-state index in [1.807, 2.05) is 0 Å². The van der Waals surface area contributed by atoms with Crippen molar-refractivity contribution in [3.05, 3.63) is 0 Å². The van der Waals surface area contributed by atoms with Gasteiger partial charge in [0.25, 0.3) is 0 Å². The van der Waals surface area contributed by atoms with Gasteiger partial charge in [0, 0.05) is 0 Å². The molecule has 0 unspecified atom stereocenters. The van der Waals surface area contributed by atoms with Gasteiger partial charge in [0.2, 0.25) is 0 Å². The van der Waals surface area contributed by atoms with Crippen LogP contribution in [0.3, 0.4) is 0 Å². The summed E-state index contributed by atoms with van der Waals surface area (Å²) in [6.45, 7) is 0.128. The standard InChI is InChI=1S/C13H25O/c14-12-8-4-3-7-11-13-9-5-1-2-6-10-13/h13H,1-12H2. The van der Waals surface area contributed by atoms with Crippen molar-refractivity contribution in [3.63, 3.8) is 0 Å². The van der Waals surface area contributed by atoms with Crippen molar-refractivity contribution in [2.45, 2.75) is 70.6 Å². The van der Waals surface area contributed by atoms with E-state index in [9.17, 15) is 5.11 Å². The van der Waals surface area contributed by atoms with Crippen molar-refractivity contribution in [2.75, 3.05) is 6.61 Å². The zero-order valence-electron chi connectivity index (χ0n) is 9.47. The molecule has 0 atom stereocenters. The molecule has 0 aromatic carbocycles. The van der Waals surface area contributed by atoms with Gasteiger partial charge in [-0.3, -0.25) is 0 Å². The first-order valence-electron chi connectivity index (χ1n) is 6.51. The first-order valence-corrected chi connectivity index (χ1v) is 6.51. The van der Waals surface area contributed by atoms with E-state index in [0.29, 0.717) is 0 Å². The molecule has 0 aliphatic heterocycles. The Balaban J connectivity index is 1.93. The Morgan fingerprint density at radius 2 is 1.43 bits per heavy atom. The van der Waals surface area contributed by atoms with Crippen LogP contribution in [0.25, 0.3) is 0 Å². The minimum atomic E-state index is 0.128. The quantitative estimate of drug-likeness (QED) is 0.446. The molecule has 0 saturated heterocycles. The van der Waals surface area contributed by atoms with Gasteiger partial charge in [-0.05, 0) is 12.3 Å². The lowest BCUT2D eigenvalue weighted by Gasteiger charge is -2.12. The Morgan fingerprint density at radius 3 is 2.07 bits per heavy atom. The van der Waals surface area contributed by atoms with Gasteiger partial charge in [0.15, 0.2) is 0 Å². The third-order valence-corrected chi connectivity index (χ3v) is 3.48. The van der Waals surface area contributed by atoms with Crippen molar-refractivity contribution in [3.8, 4) is 0 Å². The highest BCUT2D eigenvalue weighted by atomic mass is 16.2. The minimum absolute atomic E-state index is 0.128. The van der Waals surface area contributed by atoms with E-state index in [1.165, 1.54) is 57.8 Å². The van der Waals surface area contributed by atoms with Gasteiger partial charge in [0.05, 0.1) is 6.61 Å². The summed E-state index contributed by atoms with van der Waals surface area (Å²) >= 11 is 0. The summed E-state index contributed by atoms with van der Waals surface area (Å²) in [4.78, 5) is 0. The molecule has 0 spiro atoms. The van der Waals surface area contributed by atoms with Gasteiger partial charge in [-0.2, -0.15) is 0 Å². The van der Waals surface area contributed by atoms with E-state index in [1.54, 1.807) is 0 Å². The van der Waals surface area contributed by atoms with Gasteiger partial charge >= 0.3 is 0 Å². The average Bonchev–Trinajstić information content (AvgIpc) is 2.46. The lowest BCUT2D eigenvalue weighted by atomic mass is 9.94. The second-order valence-corrected chi connectivity index (χ2v) is 4.76. The molecule has 0 bridgehead atoms. The van der Waals surface area contributed by atoms with E-state index in [2.05, 4.69) is 0 Å². The van der Waals surface area contributed by atoms with Crippen LogP contribution in [0.5, 0.6) is 0 Å². The fourth-order valence-corrected chi connectivity index (χ4v) is 2.54. The highest BCUT2D eigenvalue weighted by molar-refractivity contribution is 4.64. The monoisotopic (exact) mass is 197 g/mol. The molecule has 1 fully saturated rings. The van der Waals surface area contributed by atoms with Crippen molar-refractivity contribution in [1.82, 2.24) is 0 Å². The molecule has 1 radical (unpaired) electrons. The summed E-state index contributed by atoms with van der Waals surface area (Å²) in [5, 5.41) is 10.2. The topological polar surface area (TPSA) is 19.9 Å². The van der Waals surface area contributed by atoms with Crippen LogP contribution < -0.4 is 0 Å². The molecule has 1 heteroatoms. The smallest absolute Gasteiger partial charge is 0.0822 e. The van der Waals surface area contributed by atoms with Gasteiger partial charge in [-0.25, -0.2) is 5.11 Å². The van der Waals surface area contributed by atoms with Gasteiger partial charge in [-0.15, -0.1) is 0 Å². The summed E-state index contributed by atoms with van der Waals surface area (Å²) in [5.41, 5.74) is 0. The van der Waals surface area contributed by atoms with Crippen molar-refractivity contribution in [1.29, 1.82) is 0 Å². The van der Waals surface area contributed by atoms with E-state index >= 15 is 0 Å². The van der Waals surface area contributed by atoms with Crippen LogP contribution in [-0.2, 0) is 5.11 Å². The Hall–Kier alpha value is -0.0400. The van der Waals surface area contributed by atoms with Crippen molar-refractivity contribution >= 4 is 0 Å². The van der Waals surface area contributed by atoms with Crippen LogP contribution in [-0.4, -0.2) is 6.61 Å². The molecule has 0 amide bonds. The highest BCUT2D eigenvalue weighted by Gasteiger charge is 2.11. The largest absolute Gasteiger partial charge is 0.237 e. The van der Waals surface area contributed by atoms with E-state index in [4.69, 9.17) is 0 Å². The van der Waals surface area contributed by atoms with Crippen molar-refractivity contribution in [2.24, 2.45) is 5.92 Å². The fraction of sp³-hybridized carbons (Fsp3) is 1.00. The average molecular weight is 197 g/mol. The maximum atomic E-state index is 10.2. The Morgan fingerprint density at radius 1 is 0.786 bits per heavy atom. The second kappa shape index (κ2) is 8.28. The van der Waals surface area contributed by atoms with E-state index in [0.717, 1.165) is 18.8 Å². The molecule has 1 aliphatic carbocycles. The van der Waals surface area contributed by atoms with E-state index < -0.39 is 0 Å². The summed E-state index contributed by atoms with van der Waals surface area (Å²) in [7, 11) is 0. The molecular formula is C13H25O. The van der Waals surface area contributed by atoms with Gasteiger partial charge in [0.1, 0.15) is 0 Å². The van der Waals surface area contributed by atoms with E-state index in [-0.39, 0.29) is 6.61 Å². The molecule has 0 aromatic rings. The normalized spacial score (nSPS) is 19.5. The summed E-state index contributed by atoms with van der Waals surface area (Å²) < 4.78 is 0. The van der Waals surface area contributed by atoms with Gasteiger partial charge < -0.3 is 0 Å². The summed E-state index contributed by atoms with van der Waals surface area (Å²) in [6.07, 6.45) is 14.9. The van der Waals surface area contributed by atoms with Crippen LogP contribution in [0.2, 0.25) is 0 Å². The van der Waals surface area contributed by atoms with Crippen LogP contribution in [0.4, 0.5) is 0 Å². The molecule has 1 nitrogen and oxygen atoms in total. The van der Waals surface area contributed by atoms with Crippen molar-refractivity contribution < 1.29 is 5.11 Å². The number of hydrogen-bond donors (Lipinski definition) is 0. The molecule has 1 rings (SSSR count). The molecule has 1 saturated carbocycles. The van der Waals surface area contributed by atoms with Crippen LogP contribution in [0, 0.1) is 5.92 Å². The predicted octanol–water partition coefficient (Wildman–Crippen LogP) is 4.34. The van der Waals surface area contributed by atoms with Crippen LogP contribution >= 0.6 is 0 Å². The molecule has 0 N–H and O–H groups in total. The molecule has 83 valence electrons. The molecule has 0 aromatic heterocycles. The molecule has 1 aliphatic rings. The fourth-order valence-electron chi connectivity index (χ4n) is 2.54. The number of rotatable bonds is 6. The Kier molecular flexibility index (Phi) is 7.12. The number of unbranched alkanes of at least 4 members (excludes halogenated alkanes) is 3. The number of hydrogen-bond acceptors (Lipinski definition) is 0. The summed E-state index contributed by atoms with van der Waals surface area (Å²) in [6, 6.07) is 0. The van der Waals surface area contributed by atoms with Gasteiger partial charge in [-0.1, -0.05) is 64.2 Å². The lowest BCUT2D eigenvalue weighted by Crippen LogP contribution is -1.98. The zero-order valence-corrected chi connectivity index (χ0v) is 9.47. The highest BCUT2D eigenvalue weighted by Crippen LogP contribution is 2.27. The SMILES string of the molecule is [O]CCCCCCC1CCCCCC1. The first-order chi connectivity index (χ1) is 6.93. The lowest BCUT2D eigenvalue weighted by molar-refractivity contribution is 0.185. The Bertz CT molecular complexity index is 114. The third-order valence-electron chi connectivity index (χ3n) is 3.48. The molecular weight excluding hydrogens is 172 g/mol. The van der Waals surface area contributed by atoms with Crippen LogP contribution in [0.15, 0.2) is 0 Å². The first kappa shape index (κ1) is 12.0. The predicted molar refractivity (Wildman–Crippen MR) is 59.8 cm³/mol. The molecule has 0 heterocycles. The Labute approximate surface area is 88.9 Å². The minimum Gasteiger partial charge on any atom is -0.237 e. The maximum absolute atomic E-state index is 10.2. The zero-order chi connectivity index (χ0) is 10.1. The second-order valence-electron chi connectivity index (χ2n) is 4.76.